The lowest BCUT2D eigenvalue weighted by molar-refractivity contribution is 0.0696. The standard InChI is InChI=1S/C15H15N3O2.ClH/c16-15(17)18-13-8-4-2-6-11(13)9-10-5-1-3-7-12(10)14(19)20;/h1-8H,9H2,(H,19,20)(H4,16,17,18);1H. The van der Waals surface area contributed by atoms with Gasteiger partial charge >= 0.3 is 5.97 Å². The molecule has 21 heavy (non-hydrogen) atoms. The van der Waals surface area contributed by atoms with E-state index in [9.17, 15) is 9.90 Å². The van der Waals surface area contributed by atoms with Crippen molar-refractivity contribution in [3.8, 4) is 0 Å². The van der Waals surface area contributed by atoms with Gasteiger partial charge in [0.2, 0.25) is 0 Å². The van der Waals surface area contributed by atoms with Gasteiger partial charge in [-0.2, -0.15) is 0 Å². The van der Waals surface area contributed by atoms with E-state index in [1.165, 1.54) is 0 Å². The number of hydrogen-bond donors (Lipinski definition) is 3. The maximum atomic E-state index is 11.2. The number of halogens is 1. The van der Waals surface area contributed by atoms with Crippen LogP contribution in [0.15, 0.2) is 53.5 Å². The van der Waals surface area contributed by atoms with Gasteiger partial charge < -0.3 is 16.6 Å². The monoisotopic (exact) mass is 305 g/mol. The first-order valence-corrected chi connectivity index (χ1v) is 6.06. The summed E-state index contributed by atoms with van der Waals surface area (Å²) >= 11 is 0. The van der Waals surface area contributed by atoms with Crippen molar-refractivity contribution in [1.82, 2.24) is 0 Å². The smallest absolute Gasteiger partial charge is 0.335 e. The third kappa shape index (κ3) is 4.22. The Labute approximate surface area is 128 Å². The van der Waals surface area contributed by atoms with Crippen molar-refractivity contribution in [2.75, 3.05) is 0 Å². The average molecular weight is 306 g/mol. The maximum Gasteiger partial charge on any atom is 0.335 e. The van der Waals surface area contributed by atoms with Crippen LogP contribution in [0.25, 0.3) is 0 Å². The van der Waals surface area contributed by atoms with Crippen LogP contribution >= 0.6 is 12.4 Å². The molecule has 0 spiro atoms. The number of carbonyl (C=O) groups is 1. The fourth-order valence-electron chi connectivity index (χ4n) is 2.00. The number of carboxylic acids is 1. The summed E-state index contributed by atoms with van der Waals surface area (Å²) in [5.41, 5.74) is 13.3. The highest BCUT2D eigenvalue weighted by molar-refractivity contribution is 5.89. The van der Waals surface area contributed by atoms with Gasteiger partial charge in [0.25, 0.3) is 0 Å². The molecule has 6 heteroatoms. The Bertz CT molecular complexity index is 667. The van der Waals surface area contributed by atoms with Crippen molar-refractivity contribution in [2.24, 2.45) is 16.5 Å². The molecule has 0 saturated heterocycles. The molecule has 0 aromatic heterocycles. The van der Waals surface area contributed by atoms with Gasteiger partial charge in [0.1, 0.15) is 0 Å². The van der Waals surface area contributed by atoms with Gasteiger partial charge in [-0.3, -0.25) is 0 Å². The number of aliphatic imine (C=N–C) groups is 1. The Morgan fingerprint density at radius 3 is 2.19 bits per heavy atom. The molecule has 0 aliphatic heterocycles. The van der Waals surface area contributed by atoms with E-state index in [4.69, 9.17) is 11.5 Å². The molecule has 0 unspecified atom stereocenters. The SMILES string of the molecule is Cl.NC(N)=Nc1ccccc1Cc1ccccc1C(=O)O. The van der Waals surface area contributed by atoms with Crippen LogP contribution < -0.4 is 11.5 Å². The highest BCUT2D eigenvalue weighted by Crippen LogP contribution is 2.23. The minimum atomic E-state index is -0.945. The number of benzene rings is 2. The first kappa shape index (κ1) is 16.5. The molecule has 0 aliphatic carbocycles. The summed E-state index contributed by atoms with van der Waals surface area (Å²) in [5.74, 6) is -0.969. The lowest BCUT2D eigenvalue weighted by atomic mass is 9.99. The number of guanidine groups is 1. The van der Waals surface area contributed by atoms with Crippen LogP contribution in [0.2, 0.25) is 0 Å². The lowest BCUT2D eigenvalue weighted by Gasteiger charge is -2.08. The number of rotatable bonds is 4. The van der Waals surface area contributed by atoms with E-state index < -0.39 is 5.97 Å². The summed E-state index contributed by atoms with van der Waals surface area (Å²) in [7, 11) is 0. The fraction of sp³-hybridized carbons (Fsp3) is 0.0667. The fourth-order valence-corrected chi connectivity index (χ4v) is 2.00. The molecule has 0 radical (unpaired) electrons. The quantitative estimate of drug-likeness (QED) is 0.596. The molecular formula is C15H16ClN3O2. The second-order valence-corrected chi connectivity index (χ2v) is 4.30. The molecule has 2 rings (SSSR count). The van der Waals surface area contributed by atoms with Crippen molar-refractivity contribution >= 4 is 30.0 Å². The first-order chi connectivity index (χ1) is 9.58. The minimum absolute atomic E-state index is 0. The summed E-state index contributed by atoms with van der Waals surface area (Å²) in [5, 5.41) is 9.19. The molecule has 5 N–H and O–H groups in total. The van der Waals surface area contributed by atoms with Crippen LogP contribution in [-0.2, 0) is 6.42 Å². The first-order valence-electron chi connectivity index (χ1n) is 6.06. The summed E-state index contributed by atoms with van der Waals surface area (Å²) < 4.78 is 0. The molecule has 0 saturated carbocycles. The van der Waals surface area contributed by atoms with E-state index in [-0.39, 0.29) is 23.9 Å². The van der Waals surface area contributed by atoms with Gasteiger partial charge in [-0.05, 0) is 23.3 Å². The molecular weight excluding hydrogens is 290 g/mol. The number of hydrogen-bond acceptors (Lipinski definition) is 2. The van der Waals surface area contributed by atoms with Crippen molar-refractivity contribution < 1.29 is 9.90 Å². The van der Waals surface area contributed by atoms with Gasteiger partial charge in [0, 0.05) is 6.42 Å². The zero-order chi connectivity index (χ0) is 14.5. The topological polar surface area (TPSA) is 102 Å². The Morgan fingerprint density at radius 2 is 1.57 bits per heavy atom. The van der Waals surface area contributed by atoms with Gasteiger partial charge in [0.05, 0.1) is 11.3 Å². The lowest BCUT2D eigenvalue weighted by Crippen LogP contribution is -2.22. The van der Waals surface area contributed by atoms with Crippen LogP contribution in [-0.4, -0.2) is 17.0 Å². The molecule has 0 amide bonds. The second-order valence-electron chi connectivity index (χ2n) is 4.30. The molecule has 5 nitrogen and oxygen atoms in total. The van der Waals surface area contributed by atoms with Crippen LogP contribution in [0, 0.1) is 0 Å². The molecule has 0 aliphatic rings. The van der Waals surface area contributed by atoms with Crippen molar-refractivity contribution in [3.05, 3.63) is 65.2 Å². The van der Waals surface area contributed by atoms with E-state index >= 15 is 0 Å². The molecule has 2 aromatic rings. The van der Waals surface area contributed by atoms with Crippen LogP contribution in [0.4, 0.5) is 5.69 Å². The number of para-hydroxylation sites is 1. The van der Waals surface area contributed by atoms with Crippen LogP contribution in [0.3, 0.4) is 0 Å². The molecule has 2 aromatic carbocycles. The molecule has 0 fully saturated rings. The van der Waals surface area contributed by atoms with Crippen molar-refractivity contribution in [1.29, 1.82) is 0 Å². The summed E-state index contributed by atoms with van der Waals surface area (Å²) in [6, 6.07) is 14.2. The van der Waals surface area contributed by atoms with Crippen molar-refractivity contribution in [3.63, 3.8) is 0 Å². The van der Waals surface area contributed by atoms with Gasteiger partial charge in [-0.15, -0.1) is 12.4 Å². The van der Waals surface area contributed by atoms with E-state index in [1.807, 2.05) is 24.3 Å². The predicted octanol–water partition coefficient (Wildman–Crippen LogP) is 2.30. The Kier molecular flexibility index (Phi) is 5.75. The van der Waals surface area contributed by atoms with E-state index in [1.54, 1.807) is 24.3 Å². The van der Waals surface area contributed by atoms with Gasteiger partial charge in [0.15, 0.2) is 5.96 Å². The van der Waals surface area contributed by atoms with E-state index in [0.29, 0.717) is 12.1 Å². The predicted molar refractivity (Wildman–Crippen MR) is 85.4 cm³/mol. The Balaban J connectivity index is 0.00000220. The largest absolute Gasteiger partial charge is 0.478 e. The Morgan fingerprint density at radius 1 is 1.00 bits per heavy atom. The van der Waals surface area contributed by atoms with Crippen LogP contribution in [0.5, 0.6) is 0 Å². The normalized spacial score (nSPS) is 9.52. The number of aromatic carboxylic acids is 1. The van der Waals surface area contributed by atoms with Crippen LogP contribution in [0.1, 0.15) is 21.5 Å². The summed E-state index contributed by atoms with van der Waals surface area (Å²) in [6.07, 6.45) is 0.454. The third-order valence-corrected chi connectivity index (χ3v) is 2.87. The highest BCUT2D eigenvalue weighted by atomic mass is 35.5. The Hall–Kier alpha value is -2.53. The summed E-state index contributed by atoms with van der Waals surface area (Å²) in [4.78, 5) is 15.3. The molecule has 0 atom stereocenters. The molecule has 0 heterocycles. The van der Waals surface area contributed by atoms with Crippen molar-refractivity contribution in [2.45, 2.75) is 6.42 Å². The molecule has 110 valence electrons. The number of nitrogens with two attached hydrogens (primary N) is 2. The summed E-state index contributed by atoms with van der Waals surface area (Å²) in [6.45, 7) is 0. The number of nitrogens with zero attached hydrogens (tertiary/aromatic N) is 1. The third-order valence-electron chi connectivity index (χ3n) is 2.87. The van der Waals surface area contributed by atoms with E-state index in [2.05, 4.69) is 4.99 Å². The zero-order valence-electron chi connectivity index (χ0n) is 11.2. The van der Waals surface area contributed by atoms with E-state index in [0.717, 1.165) is 11.1 Å². The van der Waals surface area contributed by atoms with Gasteiger partial charge in [-0.25, -0.2) is 9.79 Å². The zero-order valence-corrected chi connectivity index (χ0v) is 12.0. The molecule has 0 bridgehead atoms. The average Bonchev–Trinajstić information content (AvgIpc) is 2.41. The second kappa shape index (κ2) is 7.31. The maximum absolute atomic E-state index is 11.2. The number of carboxylic acid groups (broad SMARTS) is 1. The highest BCUT2D eigenvalue weighted by Gasteiger charge is 2.11. The minimum Gasteiger partial charge on any atom is -0.478 e. The van der Waals surface area contributed by atoms with Gasteiger partial charge in [-0.1, -0.05) is 36.4 Å².